The van der Waals surface area contributed by atoms with Crippen molar-refractivity contribution in [2.75, 3.05) is 7.11 Å². The van der Waals surface area contributed by atoms with Crippen molar-refractivity contribution in [3.63, 3.8) is 0 Å². The first-order valence-electron chi connectivity index (χ1n) is 6.78. The second kappa shape index (κ2) is 5.03. The van der Waals surface area contributed by atoms with Gasteiger partial charge in [-0.2, -0.15) is 10.2 Å². The number of aromatic amines is 1. The monoisotopic (exact) mass is 292 g/mol. The van der Waals surface area contributed by atoms with E-state index in [2.05, 4.69) is 30.9 Å². The van der Waals surface area contributed by atoms with Crippen LogP contribution < -0.4 is 4.74 Å². The van der Waals surface area contributed by atoms with Gasteiger partial charge in [0.1, 0.15) is 11.8 Å². The zero-order valence-electron chi connectivity index (χ0n) is 11.8. The van der Waals surface area contributed by atoms with Gasteiger partial charge in [-0.3, -0.25) is 0 Å². The molecular weight excluding hydrogens is 280 g/mol. The minimum absolute atomic E-state index is 0.138. The van der Waals surface area contributed by atoms with Crippen molar-refractivity contribution < 1.29 is 4.74 Å². The lowest BCUT2D eigenvalue weighted by Crippen LogP contribution is -1.96. The number of H-pyrrole nitrogens is 1. The molecule has 7 heteroatoms. The number of azo groups is 1. The van der Waals surface area contributed by atoms with Crippen molar-refractivity contribution in [1.29, 1.82) is 0 Å². The predicted molar refractivity (Wildman–Crippen MR) is 79.0 cm³/mol. The first-order chi connectivity index (χ1) is 10.8. The first-order valence-corrected chi connectivity index (χ1v) is 6.78. The zero-order chi connectivity index (χ0) is 14.9. The minimum atomic E-state index is -0.138. The summed E-state index contributed by atoms with van der Waals surface area (Å²) in [5.41, 5.74) is 3.84. The number of fused-ring (bicyclic) bond motifs is 1. The Labute approximate surface area is 126 Å². The van der Waals surface area contributed by atoms with E-state index in [1.54, 1.807) is 7.11 Å². The molecule has 22 heavy (non-hydrogen) atoms. The normalized spacial score (nSPS) is 15.8. The highest BCUT2D eigenvalue weighted by molar-refractivity contribution is 5.64. The molecule has 0 spiro atoms. The number of ether oxygens (including phenoxy) is 1. The van der Waals surface area contributed by atoms with Crippen LogP contribution in [0.2, 0.25) is 0 Å². The summed E-state index contributed by atoms with van der Waals surface area (Å²) in [6.45, 7) is 0. The quantitative estimate of drug-likeness (QED) is 0.803. The third kappa shape index (κ3) is 2.03. The number of hydrogen-bond acceptors (Lipinski definition) is 6. The molecule has 3 aromatic rings. The van der Waals surface area contributed by atoms with E-state index >= 15 is 0 Å². The van der Waals surface area contributed by atoms with Crippen LogP contribution in [0.1, 0.15) is 17.2 Å². The highest BCUT2D eigenvalue weighted by Crippen LogP contribution is 2.41. The molecule has 0 radical (unpaired) electrons. The number of nitrogens with zero attached hydrogens (tertiary/aromatic N) is 5. The summed E-state index contributed by atoms with van der Waals surface area (Å²) in [4.78, 5) is 0. The van der Waals surface area contributed by atoms with E-state index in [9.17, 15) is 0 Å². The molecule has 2 heterocycles. The molecule has 2 aromatic carbocycles. The van der Waals surface area contributed by atoms with E-state index in [-0.39, 0.29) is 6.04 Å². The molecule has 1 unspecified atom stereocenters. The van der Waals surface area contributed by atoms with Gasteiger partial charge in [0.25, 0.3) is 0 Å². The molecule has 0 saturated carbocycles. The number of hydrogen-bond donors (Lipinski definition) is 1. The van der Waals surface area contributed by atoms with E-state index in [0.717, 1.165) is 28.1 Å². The Balaban J connectivity index is 1.77. The van der Waals surface area contributed by atoms with Crippen molar-refractivity contribution in [2.45, 2.75) is 6.04 Å². The van der Waals surface area contributed by atoms with Crippen LogP contribution in [0.25, 0.3) is 11.4 Å². The second-order valence-corrected chi connectivity index (χ2v) is 4.92. The third-order valence-corrected chi connectivity index (χ3v) is 3.63. The van der Waals surface area contributed by atoms with Gasteiger partial charge in [0.15, 0.2) is 5.82 Å². The lowest BCUT2D eigenvalue weighted by atomic mass is 9.97. The van der Waals surface area contributed by atoms with Gasteiger partial charge in [0.2, 0.25) is 0 Å². The summed E-state index contributed by atoms with van der Waals surface area (Å²) < 4.78 is 5.28. The third-order valence-electron chi connectivity index (χ3n) is 3.63. The molecule has 108 valence electrons. The fourth-order valence-electron chi connectivity index (χ4n) is 2.53. The van der Waals surface area contributed by atoms with E-state index in [4.69, 9.17) is 4.74 Å². The van der Waals surface area contributed by atoms with Crippen LogP contribution in [0.15, 0.2) is 52.7 Å². The van der Waals surface area contributed by atoms with Crippen molar-refractivity contribution >= 4 is 5.69 Å². The van der Waals surface area contributed by atoms with Crippen LogP contribution in [0.5, 0.6) is 5.75 Å². The lowest BCUT2D eigenvalue weighted by molar-refractivity contribution is 0.414. The average molecular weight is 292 g/mol. The van der Waals surface area contributed by atoms with Crippen molar-refractivity contribution in [1.82, 2.24) is 20.6 Å². The van der Waals surface area contributed by atoms with Crippen LogP contribution in [-0.4, -0.2) is 27.7 Å². The van der Waals surface area contributed by atoms with Gasteiger partial charge in [-0.05, 0) is 46.3 Å². The Morgan fingerprint density at radius 3 is 2.91 bits per heavy atom. The summed E-state index contributed by atoms with van der Waals surface area (Å²) in [5, 5.41) is 22.6. The van der Waals surface area contributed by atoms with E-state index in [1.807, 2.05) is 42.5 Å². The molecule has 7 nitrogen and oxygen atoms in total. The standard InChI is InChI=1S/C15H12N6O/c1-22-11-4-2-3-9(7-11)14-12-8-10(15-18-20-21-19-15)5-6-13(12)16-17-14/h2-8,14H,1H3,(H,18,19,20,21). The Bertz CT molecular complexity index is 843. The van der Waals surface area contributed by atoms with Gasteiger partial charge < -0.3 is 4.74 Å². The minimum Gasteiger partial charge on any atom is -0.497 e. The summed E-state index contributed by atoms with van der Waals surface area (Å²) in [6, 6.07) is 13.6. The molecule has 0 fully saturated rings. The molecule has 1 aliphatic rings. The van der Waals surface area contributed by atoms with Crippen molar-refractivity contribution in [3.8, 4) is 17.1 Å². The highest BCUT2D eigenvalue weighted by Gasteiger charge is 2.23. The van der Waals surface area contributed by atoms with E-state index < -0.39 is 0 Å². The Hall–Kier alpha value is -3.09. The summed E-state index contributed by atoms with van der Waals surface area (Å²) in [5.74, 6) is 1.43. The molecule has 1 atom stereocenters. The van der Waals surface area contributed by atoms with Crippen LogP contribution >= 0.6 is 0 Å². The molecule has 4 rings (SSSR count). The molecule has 0 saturated heterocycles. The van der Waals surface area contributed by atoms with Gasteiger partial charge in [-0.25, -0.2) is 5.10 Å². The summed E-state index contributed by atoms with van der Waals surface area (Å²) in [7, 11) is 1.65. The maximum atomic E-state index is 5.28. The van der Waals surface area contributed by atoms with Crippen molar-refractivity contribution in [3.05, 3.63) is 53.6 Å². The van der Waals surface area contributed by atoms with E-state index in [1.165, 1.54) is 0 Å². The molecule has 1 aromatic heterocycles. The van der Waals surface area contributed by atoms with Gasteiger partial charge in [-0.15, -0.1) is 5.10 Å². The molecule has 1 aliphatic heterocycles. The smallest absolute Gasteiger partial charge is 0.179 e. The van der Waals surface area contributed by atoms with Crippen LogP contribution in [-0.2, 0) is 0 Å². The summed E-state index contributed by atoms with van der Waals surface area (Å²) >= 11 is 0. The molecule has 0 amide bonds. The van der Waals surface area contributed by atoms with Gasteiger partial charge in [-0.1, -0.05) is 12.1 Å². The lowest BCUT2D eigenvalue weighted by Gasteiger charge is -2.10. The Morgan fingerprint density at radius 1 is 1.14 bits per heavy atom. The maximum Gasteiger partial charge on any atom is 0.179 e. The van der Waals surface area contributed by atoms with Gasteiger partial charge in [0.05, 0.1) is 12.8 Å². The number of aromatic nitrogens is 4. The fraction of sp³-hybridized carbons (Fsp3) is 0.133. The Morgan fingerprint density at radius 2 is 2.09 bits per heavy atom. The number of benzene rings is 2. The molecule has 0 aliphatic carbocycles. The summed E-state index contributed by atoms with van der Waals surface area (Å²) in [6.07, 6.45) is 0. The molecule has 0 bridgehead atoms. The number of tetrazole rings is 1. The number of nitrogens with one attached hydrogen (secondary N) is 1. The SMILES string of the molecule is COc1cccc(C2N=Nc3ccc(-c4nnn[nH]4)cc32)c1. The highest BCUT2D eigenvalue weighted by atomic mass is 16.5. The second-order valence-electron chi connectivity index (χ2n) is 4.92. The topological polar surface area (TPSA) is 88.4 Å². The maximum absolute atomic E-state index is 5.28. The number of rotatable bonds is 3. The molecule has 1 N–H and O–H groups in total. The fourth-order valence-corrected chi connectivity index (χ4v) is 2.53. The van der Waals surface area contributed by atoms with Crippen molar-refractivity contribution in [2.24, 2.45) is 10.2 Å². The van der Waals surface area contributed by atoms with Crippen LogP contribution in [0, 0.1) is 0 Å². The zero-order valence-corrected chi connectivity index (χ0v) is 11.8. The number of methoxy groups -OCH3 is 1. The average Bonchev–Trinajstić information content (AvgIpc) is 3.23. The van der Waals surface area contributed by atoms with Crippen LogP contribution in [0.3, 0.4) is 0 Å². The Kier molecular flexibility index (Phi) is 2.89. The first kappa shape index (κ1) is 12.6. The largest absolute Gasteiger partial charge is 0.497 e. The van der Waals surface area contributed by atoms with E-state index in [0.29, 0.717) is 5.82 Å². The van der Waals surface area contributed by atoms with Gasteiger partial charge in [0, 0.05) is 11.1 Å². The molecular formula is C15H12N6O. The predicted octanol–water partition coefficient (Wildman–Crippen LogP) is 3.06. The van der Waals surface area contributed by atoms with Gasteiger partial charge >= 0.3 is 0 Å². The van der Waals surface area contributed by atoms with Crippen LogP contribution in [0.4, 0.5) is 5.69 Å².